The Hall–Kier alpha value is -1.13. The quantitative estimate of drug-likeness (QED) is 0.914. The highest BCUT2D eigenvalue weighted by Crippen LogP contribution is 2.20. The van der Waals surface area contributed by atoms with E-state index in [0.29, 0.717) is 19.8 Å². The first-order valence-electron chi connectivity index (χ1n) is 5.80. The lowest BCUT2D eigenvalue weighted by Crippen LogP contribution is -2.29. The minimum atomic E-state index is -3.59. The number of benzene rings is 1. The van der Waals surface area contributed by atoms with Crippen molar-refractivity contribution < 1.29 is 13.2 Å². The van der Waals surface area contributed by atoms with Gasteiger partial charge in [0.2, 0.25) is 10.0 Å². The van der Waals surface area contributed by atoms with Gasteiger partial charge < -0.3 is 4.74 Å². The van der Waals surface area contributed by atoms with Crippen LogP contribution in [0.2, 0.25) is 5.02 Å². The fourth-order valence-electron chi connectivity index (χ4n) is 1.81. The van der Waals surface area contributed by atoms with Crippen LogP contribution in [-0.4, -0.2) is 28.2 Å². The van der Waals surface area contributed by atoms with Gasteiger partial charge in [-0.2, -0.15) is 5.26 Å². The monoisotopic (exact) mass is 300 g/mol. The van der Waals surface area contributed by atoms with E-state index < -0.39 is 10.0 Å². The zero-order chi connectivity index (χ0) is 13.9. The van der Waals surface area contributed by atoms with Crippen molar-refractivity contribution in [3.8, 4) is 6.07 Å². The number of nitriles is 1. The van der Waals surface area contributed by atoms with Crippen molar-refractivity contribution in [3.63, 3.8) is 0 Å². The van der Waals surface area contributed by atoms with E-state index >= 15 is 0 Å². The van der Waals surface area contributed by atoms with Crippen LogP contribution in [-0.2, 0) is 14.8 Å². The van der Waals surface area contributed by atoms with Crippen molar-refractivity contribution in [3.05, 3.63) is 28.8 Å². The number of ether oxygens (including phenoxy) is 1. The van der Waals surface area contributed by atoms with Crippen LogP contribution in [0.25, 0.3) is 0 Å². The maximum absolute atomic E-state index is 12.0. The second kappa shape index (κ2) is 5.88. The van der Waals surface area contributed by atoms with Gasteiger partial charge in [-0.05, 0) is 30.5 Å². The number of rotatable bonds is 4. The molecule has 1 atom stereocenters. The van der Waals surface area contributed by atoms with E-state index in [2.05, 4.69) is 4.72 Å². The van der Waals surface area contributed by atoms with E-state index in [4.69, 9.17) is 21.6 Å². The van der Waals surface area contributed by atoms with Gasteiger partial charge in [0.05, 0.1) is 22.1 Å². The van der Waals surface area contributed by atoms with Crippen molar-refractivity contribution in [2.45, 2.75) is 11.3 Å². The summed E-state index contributed by atoms with van der Waals surface area (Å²) in [6, 6.07) is 5.94. The molecule has 2 rings (SSSR count). The molecule has 1 aromatic rings. The van der Waals surface area contributed by atoms with Crippen molar-refractivity contribution in [1.29, 1.82) is 5.26 Å². The van der Waals surface area contributed by atoms with Crippen LogP contribution in [0.3, 0.4) is 0 Å². The van der Waals surface area contributed by atoms with Gasteiger partial charge in [-0.1, -0.05) is 11.6 Å². The Morgan fingerprint density at radius 2 is 2.32 bits per heavy atom. The van der Waals surface area contributed by atoms with Crippen LogP contribution in [0, 0.1) is 17.2 Å². The van der Waals surface area contributed by atoms with E-state index in [9.17, 15) is 8.42 Å². The Balaban J connectivity index is 2.10. The van der Waals surface area contributed by atoms with Crippen molar-refractivity contribution in [2.75, 3.05) is 19.8 Å². The summed E-state index contributed by atoms with van der Waals surface area (Å²) in [5, 5.41) is 8.88. The molecule has 0 aromatic heterocycles. The fraction of sp³-hybridized carbons (Fsp3) is 0.417. The molecule has 1 aliphatic rings. The van der Waals surface area contributed by atoms with Gasteiger partial charge in [-0.15, -0.1) is 0 Å². The average molecular weight is 301 g/mol. The SMILES string of the molecule is N#Cc1ccc(S(=O)(=O)NC[C@@H]2CCOC2)cc1Cl. The van der Waals surface area contributed by atoms with Gasteiger partial charge in [0.1, 0.15) is 6.07 Å². The van der Waals surface area contributed by atoms with Crippen LogP contribution in [0.1, 0.15) is 12.0 Å². The molecule has 1 N–H and O–H groups in total. The highest BCUT2D eigenvalue weighted by atomic mass is 35.5. The van der Waals surface area contributed by atoms with E-state index in [1.165, 1.54) is 18.2 Å². The Morgan fingerprint density at radius 1 is 1.53 bits per heavy atom. The maximum atomic E-state index is 12.0. The summed E-state index contributed by atoms with van der Waals surface area (Å²) in [4.78, 5) is 0.0652. The number of hydrogen-bond donors (Lipinski definition) is 1. The molecule has 0 bridgehead atoms. The van der Waals surface area contributed by atoms with Gasteiger partial charge in [0.25, 0.3) is 0 Å². The van der Waals surface area contributed by atoms with E-state index in [1.54, 1.807) is 0 Å². The minimum absolute atomic E-state index is 0.0652. The normalized spacial score (nSPS) is 19.3. The molecule has 19 heavy (non-hydrogen) atoms. The van der Waals surface area contributed by atoms with Crippen LogP contribution in [0.5, 0.6) is 0 Å². The highest BCUT2D eigenvalue weighted by molar-refractivity contribution is 7.89. The lowest BCUT2D eigenvalue weighted by molar-refractivity contribution is 0.186. The molecule has 0 amide bonds. The summed E-state index contributed by atoms with van der Waals surface area (Å²) in [5.41, 5.74) is 0.254. The third kappa shape index (κ3) is 3.45. The predicted octanol–water partition coefficient (Wildman–Crippen LogP) is 1.53. The third-order valence-electron chi connectivity index (χ3n) is 2.96. The molecule has 1 aromatic carbocycles. The van der Waals surface area contributed by atoms with Crippen LogP contribution in [0.15, 0.2) is 23.1 Å². The summed E-state index contributed by atoms with van der Waals surface area (Å²) in [6.45, 7) is 1.60. The second-order valence-corrected chi connectivity index (χ2v) is 6.51. The molecule has 0 saturated carbocycles. The molecule has 102 valence electrons. The highest BCUT2D eigenvalue weighted by Gasteiger charge is 2.20. The molecule has 1 saturated heterocycles. The Bertz CT molecular complexity index is 604. The van der Waals surface area contributed by atoms with Crippen LogP contribution in [0.4, 0.5) is 0 Å². The first-order valence-corrected chi connectivity index (χ1v) is 7.66. The number of hydrogen-bond acceptors (Lipinski definition) is 4. The number of nitrogens with zero attached hydrogens (tertiary/aromatic N) is 1. The topological polar surface area (TPSA) is 79.2 Å². The number of halogens is 1. The van der Waals surface area contributed by atoms with Gasteiger partial charge >= 0.3 is 0 Å². The molecule has 1 heterocycles. The Labute approximate surface area is 117 Å². The van der Waals surface area contributed by atoms with Gasteiger partial charge in [-0.25, -0.2) is 13.1 Å². The first kappa shape index (κ1) is 14.3. The summed E-state index contributed by atoms with van der Waals surface area (Å²) in [7, 11) is -3.59. The molecule has 5 nitrogen and oxygen atoms in total. The molecule has 1 aliphatic heterocycles. The molecule has 7 heteroatoms. The number of nitrogens with one attached hydrogen (secondary N) is 1. The van der Waals surface area contributed by atoms with Gasteiger partial charge in [0, 0.05) is 13.2 Å². The number of sulfonamides is 1. The smallest absolute Gasteiger partial charge is 0.240 e. The maximum Gasteiger partial charge on any atom is 0.240 e. The lowest BCUT2D eigenvalue weighted by atomic mass is 10.1. The fourth-order valence-corrected chi connectivity index (χ4v) is 3.24. The zero-order valence-corrected chi connectivity index (χ0v) is 11.7. The van der Waals surface area contributed by atoms with Crippen molar-refractivity contribution in [2.24, 2.45) is 5.92 Å². The van der Waals surface area contributed by atoms with Gasteiger partial charge in [0.15, 0.2) is 0 Å². The average Bonchev–Trinajstić information content (AvgIpc) is 2.89. The largest absolute Gasteiger partial charge is 0.381 e. The standard InChI is InChI=1S/C12H13ClN2O3S/c13-12-5-11(2-1-10(12)6-14)19(16,17)15-7-9-3-4-18-8-9/h1-2,5,9,15H,3-4,7-8H2/t9-/m0/s1. The predicted molar refractivity (Wildman–Crippen MR) is 70.3 cm³/mol. The Kier molecular flexibility index (Phi) is 4.42. The van der Waals surface area contributed by atoms with Crippen LogP contribution < -0.4 is 4.72 Å². The van der Waals surface area contributed by atoms with E-state index in [0.717, 1.165) is 6.42 Å². The molecule has 1 fully saturated rings. The molecular formula is C12H13ClN2O3S. The lowest BCUT2D eigenvalue weighted by Gasteiger charge is -2.10. The van der Waals surface area contributed by atoms with Crippen molar-refractivity contribution >= 4 is 21.6 Å². The molecule has 0 radical (unpaired) electrons. The van der Waals surface area contributed by atoms with Crippen molar-refractivity contribution in [1.82, 2.24) is 4.72 Å². The van der Waals surface area contributed by atoms with Gasteiger partial charge in [-0.3, -0.25) is 0 Å². The summed E-state index contributed by atoms with van der Waals surface area (Å²) < 4.78 is 31.8. The van der Waals surface area contributed by atoms with E-state index in [1.807, 2.05) is 6.07 Å². The minimum Gasteiger partial charge on any atom is -0.381 e. The molecule has 0 spiro atoms. The summed E-state index contributed by atoms with van der Waals surface area (Å²) >= 11 is 5.83. The summed E-state index contributed by atoms with van der Waals surface area (Å²) in [5.74, 6) is 0.212. The third-order valence-corrected chi connectivity index (χ3v) is 4.69. The van der Waals surface area contributed by atoms with Crippen LogP contribution >= 0.6 is 11.6 Å². The molecule has 0 aliphatic carbocycles. The Morgan fingerprint density at radius 3 is 2.89 bits per heavy atom. The second-order valence-electron chi connectivity index (χ2n) is 4.33. The summed E-state index contributed by atoms with van der Waals surface area (Å²) in [6.07, 6.45) is 0.858. The van der Waals surface area contributed by atoms with E-state index in [-0.39, 0.29) is 21.4 Å². The molecular weight excluding hydrogens is 288 g/mol. The zero-order valence-electron chi connectivity index (χ0n) is 10.1. The first-order chi connectivity index (χ1) is 9.03. The molecule has 0 unspecified atom stereocenters.